The van der Waals surface area contributed by atoms with E-state index in [0.717, 1.165) is 0 Å². The Morgan fingerprint density at radius 2 is 1.92 bits per heavy atom. The molecule has 126 valence electrons. The summed E-state index contributed by atoms with van der Waals surface area (Å²) in [5.41, 5.74) is 2.93. The molecule has 0 aliphatic heterocycles. The number of nitrogens with zero attached hydrogens (tertiary/aromatic N) is 3. The number of hydrogen-bond donors (Lipinski definition) is 3. The highest BCUT2D eigenvalue weighted by Gasteiger charge is 2.22. The maximum absolute atomic E-state index is 12.3. The zero-order chi connectivity index (χ0) is 17.9. The third-order valence-corrected chi connectivity index (χ3v) is 3.35. The number of nitrogen functional groups attached to an aromatic ring is 1. The monoisotopic (exact) mass is 332 g/mol. The number of nitro benzene ring substituents is 1. The van der Waals surface area contributed by atoms with E-state index in [1.54, 1.807) is 13.8 Å². The molecule has 0 unspecified atom stereocenters. The van der Waals surface area contributed by atoms with Crippen molar-refractivity contribution in [1.82, 2.24) is 15.2 Å². The highest BCUT2D eigenvalue weighted by molar-refractivity contribution is 6.08. The Hall–Kier alpha value is -3.27. The number of hydrogen-bond acceptors (Lipinski definition) is 6. The van der Waals surface area contributed by atoms with Crippen LogP contribution in [0.2, 0.25) is 0 Å². The average Bonchev–Trinajstić information content (AvgIpc) is 2.90. The van der Waals surface area contributed by atoms with Gasteiger partial charge in [0.1, 0.15) is 0 Å². The highest BCUT2D eigenvalue weighted by Crippen LogP contribution is 2.22. The van der Waals surface area contributed by atoms with Gasteiger partial charge < -0.3 is 5.32 Å². The third-order valence-electron chi connectivity index (χ3n) is 3.35. The SMILES string of the molecule is CCn1nc(C)c(NC(=O)c2ccc([N+](=O)[O-])cc2)c1C(=O)NN. The zero-order valence-electron chi connectivity index (χ0n) is 13.1. The Morgan fingerprint density at radius 1 is 1.29 bits per heavy atom. The Bertz CT molecular complexity index is 796. The van der Waals surface area contributed by atoms with Crippen LogP contribution in [0.4, 0.5) is 11.4 Å². The van der Waals surface area contributed by atoms with Gasteiger partial charge in [0.05, 0.1) is 16.3 Å². The summed E-state index contributed by atoms with van der Waals surface area (Å²) in [4.78, 5) is 34.4. The standard InChI is InChI=1S/C14H16N6O4/c1-3-19-12(14(22)17-15)11(8(2)18-19)16-13(21)9-4-6-10(7-5-9)20(23)24/h4-7H,3,15H2,1-2H3,(H,16,21)(H,17,22). The van der Waals surface area contributed by atoms with E-state index in [1.165, 1.54) is 28.9 Å². The van der Waals surface area contributed by atoms with Gasteiger partial charge in [-0.2, -0.15) is 5.10 Å². The summed E-state index contributed by atoms with van der Waals surface area (Å²) in [6.45, 7) is 3.85. The number of amides is 2. The van der Waals surface area contributed by atoms with Crippen molar-refractivity contribution in [3.63, 3.8) is 0 Å². The first kappa shape index (κ1) is 17.1. The van der Waals surface area contributed by atoms with E-state index in [4.69, 9.17) is 5.84 Å². The molecule has 10 heteroatoms. The molecule has 1 aromatic heterocycles. The molecule has 0 atom stereocenters. The van der Waals surface area contributed by atoms with Gasteiger partial charge in [-0.1, -0.05) is 0 Å². The largest absolute Gasteiger partial charge is 0.318 e. The summed E-state index contributed by atoms with van der Waals surface area (Å²) in [6, 6.07) is 5.11. The van der Waals surface area contributed by atoms with Gasteiger partial charge in [-0.3, -0.25) is 29.8 Å². The molecule has 24 heavy (non-hydrogen) atoms. The fraction of sp³-hybridized carbons (Fsp3) is 0.214. The molecule has 0 spiro atoms. The molecule has 0 aliphatic rings. The topological polar surface area (TPSA) is 145 Å². The third kappa shape index (κ3) is 3.22. The van der Waals surface area contributed by atoms with Crippen molar-refractivity contribution in [3.8, 4) is 0 Å². The van der Waals surface area contributed by atoms with Crippen molar-refractivity contribution >= 4 is 23.2 Å². The summed E-state index contributed by atoms with van der Waals surface area (Å²) in [5, 5.41) is 17.4. The second-order valence-electron chi connectivity index (χ2n) is 4.86. The number of aryl methyl sites for hydroxylation is 2. The van der Waals surface area contributed by atoms with Gasteiger partial charge in [0.25, 0.3) is 17.5 Å². The van der Waals surface area contributed by atoms with E-state index in [0.29, 0.717) is 12.2 Å². The van der Waals surface area contributed by atoms with Crippen LogP contribution in [0.1, 0.15) is 33.5 Å². The van der Waals surface area contributed by atoms with E-state index >= 15 is 0 Å². The molecule has 2 rings (SSSR count). The summed E-state index contributed by atoms with van der Waals surface area (Å²) in [7, 11) is 0. The minimum atomic E-state index is -0.587. The molecule has 0 saturated carbocycles. The quantitative estimate of drug-likeness (QED) is 0.322. The minimum Gasteiger partial charge on any atom is -0.318 e. The number of carbonyl (C=O) groups excluding carboxylic acids is 2. The van der Waals surface area contributed by atoms with E-state index in [2.05, 4.69) is 10.4 Å². The molecule has 1 aromatic carbocycles. The van der Waals surface area contributed by atoms with Gasteiger partial charge in [0.15, 0.2) is 5.69 Å². The molecule has 4 N–H and O–H groups in total. The first-order chi connectivity index (χ1) is 11.4. The van der Waals surface area contributed by atoms with Crippen molar-refractivity contribution in [2.75, 3.05) is 5.32 Å². The van der Waals surface area contributed by atoms with E-state index in [9.17, 15) is 19.7 Å². The molecule has 0 radical (unpaired) electrons. The van der Waals surface area contributed by atoms with Crippen molar-refractivity contribution in [3.05, 3.63) is 51.3 Å². The Morgan fingerprint density at radius 3 is 2.42 bits per heavy atom. The molecule has 0 fully saturated rings. The number of nitrogens with one attached hydrogen (secondary N) is 2. The van der Waals surface area contributed by atoms with Gasteiger partial charge in [-0.15, -0.1) is 0 Å². The summed E-state index contributed by atoms with van der Waals surface area (Å²) >= 11 is 0. The maximum Gasteiger partial charge on any atom is 0.285 e. The number of aromatic nitrogens is 2. The molecule has 0 saturated heterocycles. The van der Waals surface area contributed by atoms with Crippen LogP contribution < -0.4 is 16.6 Å². The van der Waals surface area contributed by atoms with Crippen molar-refractivity contribution in [1.29, 1.82) is 0 Å². The number of nitrogens with two attached hydrogens (primary N) is 1. The van der Waals surface area contributed by atoms with Crippen LogP contribution in [0.5, 0.6) is 0 Å². The smallest absolute Gasteiger partial charge is 0.285 e. The van der Waals surface area contributed by atoms with E-state index in [1.807, 2.05) is 5.43 Å². The van der Waals surface area contributed by atoms with Crippen LogP contribution in [0.25, 0.3) is 0 Å². The first-order valence-corrected chi connectivity index (χ1v) is 7.03. The number of nitro groups is 1. The van der Waals surface area contributed by atoms with Crippen LogP contribution in [0.15, 0.2) is 24.3 Å². The molecule has 1 heterocycles. The summed E-state index contributed by atoms with van der Waals surface area (Å²) in [6.07, 6.45) is 0. The lowest BCUT2D eigenvalue weighted by Crippen LogP contribution is -2.33. The predicted octanol–water partition coefficient (Wildman–Crippen LogP) is 0.975. The summed E-state index contributed by atoms with van der Waals surface area (Å²) in [5.74, 6) is 4.07. The molecule has 2 aromatic rings. The molecule has 0 bridgehead atoms. The van der Waals surface area contributed by atoms with E-state index in [-0.39, 0.29) is 22.6 Å². The number of carbonyl (C=O) groups is 2. The van der Waals surface area contributed by atoms with Crippen molar-refractivity contribution in [2.24, 2.45) is 5.84 Å². The van der Waals surface area contributed by atoms with Gasteiger partial charge in [-0.05, 0) is 26.0 Å². The Balaban J connectivity index is 2.33. The molecule has 10 nitrogen and oxygen atoms in total. The van der Waals surface area contributed by atoms with Gasteiger partial charge in [0.2, 0.25) is 0 Å². The fourth-order valence-corrected chi connectivity index (χ4v) is 2.18. The molecular weight excluding hydrogens is 316 g/mol. The van der Waals surface area contributed by atoms with Crippen LogP contribution in [0.3, 0.4) is 0 Å². The van der Waals surface area contributed by atoms with Crippen molar-refractivity contribution < 1.29 is 14.5 Å². The van der Waals surface area contributed by atoms with Crippen LogP contribution >= 0.6 is 0 Å². The zero-order valence-corrected chi connectivity index (χ0v) is 13.1. The van der Waals surface area contributed by atoms with Crippen LogP contribution in [-0.2, 0) is 6.54 Å². The Kier molecular flexibility index (Phi) is 4.90. The van der Waals surface area contributed by atoms with E-state index < -0.39 is 16.7 Å². The number of rotatable bonds is 5. The number of non-ortho nitro benzene ring substituents is 1. The van der Waals surface area contributed by atoms with Crippen molar-refractivity contribution in [2.45, 2.75) is 20.4 Å². The lowest BCUT2D eigenvalue weighted by atomic mass is 10.2. The average molecular weight is 332 g/mol. The van der Waals surface area contributed by atoms with Crippen LogP contribution in [0, 0.1) is 17.0 Å². The molecule has 0 aliphatic carbocycles. The predicted molar refractivity (Wildman–Crippen MR) is 85.3 cm³/mol. The first-order valence-electron chi connectivity index (χ1n) is 7.03. The summed E-state index contributed by atoms with van der Waals surface area (Å²) < 4.78 is 1.42. The Labute approximate surface area is 136 Å². The number of hydrazine groups is 1. The highest BCUT2D eigenvalue weighted by atomic mass is 16.6. The number of benzene rings is 1. The lowest BCUT2D eigenvalue weighted by Gasteiger charge is -2.08. The maximum atomic E-state index is 12.3. The fourth-order valence-electron chi connectivity index (χ4n) is 2.18. The normalized spacial score (nSPS) is 10.3. The minimum absolute atomic E-state index is 0.121. The van der Waals surface area contributed by atoms with Crippen LogP contribution in [-0.4, -0.2) is 26.5 Å². The van der Waals surface area contributed by atoms with Gasteiger partial charge >= 0.3 is 0 Å². The van der Waals surface area contributed by atoms with Gasteiger partial charge in [-0.25, -0.2) is 5.84 Å². The second kappa shape index (κ2) is 6.87. The van der Waals surface area contributed by atoms with Gasteiger partial charge in [0, 0.05) is 24.2 Å². The molecular formula is C14H16N6O4. The number of anilines is 1. The molecule has 2 amide bonds. The lowest BCUT2D eigenvalue weighted by molar-refractivity contribution is -0.384. The second-order valence-corrected chi connectivity index (χ2v) is 4.86.